The number of fused-ring (bicyclic) bond motifs is 2. The molecule has 3 N–H and O–H groups in total. The second kappa shape index (κ2) is 10.2. The number of hydrogen-bond acceptors (Lipinski definition) is 8. The van der Waals surface area contributed by atoms with Gasteiger partial charge in [-0.3, -0.25) is 4.79 Å². The molecule has 0 radical (unpaired) electrons. The highest BCUT2D eigenvalue weighted by Gasteiger charge is 2.24. The number of hydrogen-bond donors (Lipinski definition) is 2. The van der Waals surface area contributed by atoms with Crippen molar-refractivity contribution in [1.29, 1.82) is 0 Å². The summed E-state index contributed by atoms with van der Waals surface area (Å²) in [4.78, 5) is 22.4. The first-order valence-corrected chi connectivity index (χ1v) is 10.7. The van der Waals surface area contributed by atoms with E-state index < -0.39 is 0 Å². The first kappa shape index (κ1) is 23.0. The zero-order valence-corrected chi connectivity index (χ0v) is 19.2. The maximum absolute atomic E-state index is 13.0. The first-order valence-electron chi connectivity index (χ1n) is 10.7. The SMILES string of the molecule is COCCCNC(=O)c1c(N)n(/N=C\c2cccc(OC)c2OC)c2nc3ccccc3nc12. The number of amides is 1. The molecule has 0 unspecified atom stereocenters. The van der Waals surface area contributed by atoms with Crippen molar-refractivity contribution in [3.05, 3.63) is 53.6 Å². The normalized spacial score (nSPS) is 11.4. The van der Waals surface area contributed by atoms with Gasteiger partial charge in [0.05, 0.1) is 31.5 Å². The van der Waals surface area contributed by atoms with E-state index in [1.54, 1.807) is 33.6 Å². The summed E-state index contributed by atoms with van der Waals surface area (Å²) in [5.74, 6) is 0.874. The summed E-state index contributed by atoms with van der Waals surface area (Å²) in [6.07, 6.45) is 2.25. The van der Waals surface area contributed by atoms with Gasteiger partial charge in [-0.15, -0.1) is 0 Å². The van der Waals surface area contributed by atoms with Crippen LogP contribution in [0.1, 0.15) is 22.3 Å². The van der Waals surface area contributed by atoms with Gasteiger partial charge in [-0.1, -0.05) is 18.2 Å². The highest BCUT2D eigenvalue weighted by molar-refractivity contribution is 6.10. The molecule has 0 aliphatic heterocycles. The van der Waals surface area contributed by atoms with Crippen molar-refractivity contribution in [2.75, 3.05) is 40.2 Å². The van der Waals surface area contributed by atoms with E-state index >= 15 is 0 Å². The second-order valence-electron chi connectivity index (χ2n) is 7.39. The number of carbonyl (C=O) groups is 1. The molecule has 0 saturated heterocycles. The van der Waals surface area contributed by atoms with Crippen LogP contribution in [0.3, 0.4) is 0 Å². The molecule has 0 fully saturated rings. The summed E-state index contributed by atoms with van der Waals surface area (Å²) in [5, 5.41) is 7.40. The number of rotatable bonds is 9. The zero-order valence-electron chi connectivity index (χ0n) is 19.2. The fourth-order valence-corrected chi connectivity index (χ4v) is 3.63. The Morgan fingerprint density at radius 2 is 1.85 bits per heavy atom. The zero-order chi connectivity index (χ0) is 24.1. The van der Waals surface area contributed by atoms with Crippen LogP contribution in [0.4, 0.5) is 5.82 Å². The molecule has 2 aromatic heterocycles. The van der Waals surface area contributed by atoms with Gasteiger partial charge in [0.15, 0.2) is 17.1 Å². The lowest BCUT2D eigenvalue weighted by Crippen LogP contribution is -2.26. The van der Waals surface area contributed by atoms with Crippen molar-refractivity contribution in [2.24, 2.45) is 5.10 Å². The van der Waals surface area contributed by atoms with Crippen molar-refractivity contribution in [2.45, 2.75) is 6.42 Å². The summed E-state index contributed by atoms with van der Waals surface area (Å²) in [6.45, 7) is 0.971. The third-order valence-corrected chi connectivity index (χ3v) is 5.26. The Balaban J connectivity index is 1.83. The number of nitrogens with two attached hydrogens (primary N) is 1. The highest BCUT2D eigenvalue weighted by atomic mass is 16.5. The van der Waals surface area contributed by atoms with Crippen LogP contribution < -0.4 is 20.5 Å². The number of nitrogens with one attached hydrogen (secondary N) is 1. The van der Waals surface area contributed by atoms with E-state index in [4.69, 9.17) is 24.9 Å². The molecule has 2 aromatic carbocycles. The predicted octanol–water partition coefficient (Wildman–Crippen LogP) is 2.83. The van der Waals surface area contributed by atoms with Gasteiger partial charge < -0.3 is 25.3 Å². The summed E-state index contributed by atoms with van der Waals surface area (Å²) >= 11 is 0. The minimum absolute atomic E-state index is 0.132. The van der Waals surface area contributed by atoms with Crippen LogP contribution in [0.25, 0.3) is 22.2 Å². The molecule has 2 heterocycles. The number of anilines is 1. The third-order valence-electron chi connectivity index (χ3n) is 5.26. The topological polar surface area (TPSA) is 126 Å². The van der Waals surface area contributed by atoms with Crippen molar-refractivity contribution < 1.29 is 19.0 Å². The monoisotopic (exact) mass is 462 g/mol. The molecule has 10 nitrogen and oxygen atoms in total. The molecule has 4 rings (SSSR count). The Morgan fingerprint density at radius 3 is 2.56 bits per heavy atom. The Kier molecular flexibility index (Phi) is 6.88. The maximum Gasteiger partial charge on any atom is 0.257 e. The number of carbonyl (C=O) groups excluding carboxylic acids is 1. The highest BCUT2D eigenvalue weighted by Crippen LogP contribution is 2.31. The summed E-state index contributed by atoms with van der Waals surface area (Å²) in [6, 6.07) is 12.9. The van der Waals surface area contributed by atoms with Crippen LogP contribution in [-0.4, -0.2) is 61.2 Å². The molecule has 0 aliphatic rings. The van der Waals surface area contributed by atoms with Crippen LogP contribution in [-0.2, 0) is 4.74 Å². The Hall–Kier alpha value is -4.18. The Bertz CT molecular complexity index is 1360. The van der Waals surface area contributed by atoms with Crippen LogP contribution in [0.5, 0.6) is 11.5 Å². The number of para-hydroxylation sites is 3. The number of methoxy groups -OCH3 is 3. The van der Waals surface area contributed by atoms with Gasteiger partial charge in [-0.25, -0.2) is 9.97 Å². The maximum atomic E-state index is 13.0. The average Bonchev–Trinajstić information content (AvgIpc) is 3.13. The van der Waals surface area contributed by atoms with Gasteiger partial charge >= 0.3 is 0 Å². The Labute approximate surface area is 196 Å². The van der Waals surface area contributed by atoms with E-state index in [-0.39, 0.29) is 17.3 Å². The summed E-state index contributed by atoms with van der Waals surface area (Å²) in [7, 11) is 4.73. The molecular weight excluding hydrogens is 436 g/mol. The van der Waals surface area contributed by atoms with Gasteiger partial charge in [-0.05, 0) is 30.7 Å². The molecular formula is C24H26N6O4. The fraction of sp³-hybridized carbons (Fsp3) is 0.250. The number of nitrogens with zero attached hydrogens (tertiary/aromatic N) is 4. The number of nitrogen functional groups attached to an aromatic ring is 1. The first-order chi connectivity index (χ1) is 16.6. The lowest BCUT2D eigenvalue weighted by atomic mass is 10.2. The molecule has 0 aliphatic carbocycles. The lowest BCUT2D eigenvalue weighted by Gasteiger charge is -2.09. The molecule has 10 heteroatoms. The van der Waals surface area contributed by atoms with Crippen molar-refractivity contribution in [3.8, 4) is 11.5 Å². The largest absolute Gasteiger partial charge is 0.493 e. The van der Waals surface area contributed by atoms with Crippen molar-refractivity contribution in [3.63, 3.8) is 0 Å². The van der Waals surface area contributed by atoms with E-state index in [1.165, 1.54) is 4.68 Å². The molecule has 4 aromatic rings. The van der Waals surface area contributed by atoms with E-state index in [0.29, 0.717) is 58.8 Å². The van der Waals surface area contributed by atoms with E-state index in [2.05, 4.69) is 15.4 Å². The van der Waals surface area contributed by atoms with Gasteiger partial charge in [0.1, 0.15) is 16.9 Å². The minimum atomic E-state index is -0.351. The Morgan fingerprint density at radius 1 is 1.09 bits per heavy atom. The molecule has 34 heavy (non-hydrogen) atoms. The lowest BCUT2D eigenvalue weighted by molar-refractivity contribution is 0.0951. The summed E-state index contributed by atoms with van der Waals surface area (Å²) in [5.41, 5.74) is 9.38. The molecule has 0 saturated carbocycles. The van der Waals surface area contributed by atoms with Crippen molar-refractivity contribution in [1.82, 2.24) is 20.0 Å². The van der Waals surface area contributed by atoms with Crippen LogP contribution >= 0.6 is 0 Å². The fourth-order valence-electron chi connectivity index (χ4n) is 3.63. The molecule has 176 valence electrons. The second-order valence-corrected chi connectivity index (χ2v) is 7.39. The molecule has 1 amide bonds. The van der Waals surface area contributed by atoms with Gasteiger partial charge in [-0.2, -0.15) is 9.78 Å². The van der Waals surface area contributed by atoms with Crippen molar-refractivity contribution >= 4 is 40.1 Å². The number of ether oxygens (including phenoxy) is 3. The van der Waals surface area contributed by atoms with Gasteiger partial charge in [0.25, 0.3) is 5.91 Å². The molecule has 0 spiro atoms. The standard InChI is InChI=1S/C24H26N6O4/c1-32-13-7-12-26-24(31)19-20-23(29-17-10-5-4-9-16(17)28-20)30(22(19)25)27-14-15-8-6-11-18(33-2)21(15)34-3/h4-6,8-11,14H,7,12-13,25H2,1-3H3,(H,26,31)/b27-14-. The molecule has 0 atom stereocenters. The number of benzene rings is 2. The van der Waals surface area contributed by atoms with Crippen LogP contribution in [0, 0.1) is 0 Å². The quantitative estimate of drug-likeness (QED) is 0.289. The average molecular weight is 463 g/mol. The smallest absolute Gasteiger partial charge is 0.257 e. The van der Waals surface area contributed by atoms with E-state index in [9.17, 15) is 4.79 Å². The van der Waals surface area contributed by atoms with Gasteiger partial charge in [0.2, 0.25) is 0 Å². The van der Waals surface area contributed by atoms with Gasteiger partial charge in [0, 0.05) is 25.8 Å². The third kappa shape index (κ3) is 4.35. The minimum Gasteiger partial charge on any atom is -0.493 e. The van der Waals surface area contributed by atoms with Crippen LogP contribution in [0.2, 0.25) is 0 Å². The van der Waals surface area contributed by atoms with E-state index in [0.717, 1.165) is 0 Å². The van der Waals surface area contributed by atoms with E-state index in [1.807, 2.05) is 36.4 Å². The molecule has 0 bridgehead atoms. The predicted molar refractivity (Wildman–Crippen MR) is 131 cm³/mol. The summed E-state index contributed by atoms with van der Waals surface area (Å²) < 4.78 is 17.3. The van der Waals surface area contributed by atoms with Crippen LogP contribution in [0.15, 0.2) is 47.6 Å². The number of aromatic nitrogens is 3.